The standard InChI is InChI=1S/C21H22N4OS/c1-15-6-5-9-17(14-15)24-10-12-25(13-11-24)20(26)19-18(22-21(27)23-19)16-7-3-2-4-8-16/h2-9,14H,10-13H2,1H3,(H2,22,23,27). The van der Waals surface area contributed by atoms with E-state index in [1.54, 1.807) is 0 Å². The number of nitrogens with zero attached hydrogens (tertiary/aromatic N) is 2. The molecule has 0 radical (unpaired) electrons. The minimum atomic E-state index is -0.00917. The Kier molecular flexibility index (Phi) is 4.81. The lowest BCUT2D eigenvalue weighted by atomic mass is 10.1. The van der Waals surface area contributed by atoms with Crippen molar-refractivity contribution in [2.45, 2.75) is 6.92 Å². The van der Waals surface area contributed by atoms with Crippen molar-refractivity contribution in [1.82, 2.24) is 14.9 Å². The predicted octanol–water partition coefficient (Wildman–Crippen LogP) is 4.01. The highest BCUT2D eigenvalue weighted by Gasteiger charge is 2.25. The fourth-order valence-corrected chi connectivity index (χ4v) is 3.72. The summed E-state index contributed by atoms with van der Waals surface area (Å²) in [6.07, 6.45) is 0. The second kappa shape index (κ2) is 7.40. The minimum absolute atomic E-state index is 0.00917. The zero-order valence-corrected chi connectivity index (χ0v) is 16.1. The van der Waals surface area contributed by atoms with Gasteiger partial charge in [-0.3, -0.25) is 4.79 Å². The first-order chi connectivity index (χ1) is 13.1. The van der Waals surface area contributed by atoms with Gasteiger partial charge in [-0.2, -0.15) is 0 Å². The summed E-state index contributed by atoms with van der Waals surface area (Å²) in [6.45, 7) is 5.12. The van der Waals surface area contributed by atoms with Crippen molar-refractivity contribution in [1.29, 1.82) is 0 Å². The van der Waals surface area contributed by atoms with Crippen LogP contribution in [0.4, 0.5) is 5.69 Å². The smallest absolute Gasteiger partial charge is 0.272 e. The number of hydrogen-bond donors (Lipinski definition) is 2. The molecule has 0 bridgehead atoms. The third kappa shape index (κ3) is 3.66. The van der Waals surface area contributed by atoms with Gasteiger partial charge in [0.15, 0.2) is 4.77 Å². The molecule has 0 unspecified atom stereocenters. The molecular weight excluding hydrogens is 356 g/mol. The first kappa shape index (κ1) is 17.5. The number of carbonyl (C=O) groups is 1. The average Bonchev–Trinajstić information content (AvgIpc) is 3.10. The largest absolute Gasteiger partial charge is 0.368 e. The van der Waals surface area contributed by atoms with E-state index in [9.17, 15) is 4.79 Å². The first-order valence-corrected chi connectivity index (χ1v) is 9.51. The summed E-state index contributed by atoms with van der Waals surface area (Å²) in [7, 11) is 0. The molecule has 6 heteroatoms. The summed E-state index contributed by atoms with van der Waals surface area (Å²) in [5.41, 5.74) is 4.71. The molecule has 0 spiro atoms. The number of carbonyl (C=O) groups excluding carboxylic acids is 1. The molecule has 1 aliphatic heterocycles. The molecule has 1 saturated heterocycles. The molecule has 27 heavy (non-hydrogen) atoms. The number of imidazole rings is 1. The van der Waals surface area contributed by atoms with Gasteiger partial charge in [-0.15, -0.1) is 0 Å². The van der Waals surface area contributed by atoms with Gasteiger partial charge in [-0.25, -0.2) is 0 Å². The van der Waals surface area contributed by atoms with Crippen LogP contribution in [0.3, 0.4) is 0 Å². The third-order valence-corrected chi connectivity index (χ3v) is 5.14. The maximum Gasteiger partial charge on any atom is 0.272 e. The van der Waals surface area contributed by atoms with Crippen LogP contribution in [0.2, 0.25) is 0 Å². The predicted molar refractivity (Wildman–Crippen MR) is 111 cm³/mol. The number of amides is 1. The molecule has 4 rings (SSSR count). The number of rotatable bonds is 3. The Morgan fingerprint density at radius 2 is 1.70 bits per heavy atom. The highest BCUT2D eigenvalue weighted by atomic mass is 32.1. The summed E-state index contributed by atoms with van der Waals surface area (Å²) in [4.78, 5) is 23.5. The maximum atomic E-state index is 13.1. The molecule has 0 atom stereocenters. The maximum absolute atomic E-state index is 13.1. The van der Waals surface area contributed by atoms with E-state index in [1.165, 1.54) is 11.3 Å². The summed E-state index contributed by atoms with van der Waals surface area (Å²) >= 11 is 5.25. The lowest BCUT2D eigenvalue weighted by molar-refractivity contribution is 0.0742. The van der Waals surface area contributed by atoms with Crippen LogP contribution in [0, 0.1) is 11.7 Å². The van der Waals surface area contributed by atoms with Crippen molar-refractivity contribution in [2.75, 3.05) is 31.1 Å². The summed E-state index contributed by atoms with van der Waals surface area (Å²) in [5, 5.41) is 0. The van der Waals surface area contributed by atoms with E-state index in [2.05, 4.69) is 46.1 Å². The number of aromatic amines is 2. The van der Waals surface area contributed by atoms with Crippen LogP contribution in [0.15, 0.2) is 54.6 Å². The normalized spacial score (nSPS) is 14.4. The van der Waals surface area contributed by atoms with Crippen molar-refractivity contribution in [3.63, 3.8) is 0 Å². The SMILES string of the molecule is Cc1cccc(N2CCN(C(=O)c3[nH]c(=S)[nH]c3-c3ccccc3)CC2)c1. The lowest BCUT2D eigenvalue weighted by Crippen LogP contribution is -2.49. The van der Waals surface area contributed by atoms with E-state index in [-0.39, 0.29) is 5.91 Å². The highest BCUT2D eigenvalue weighted by molar-refractivity contribution is 7.71. The number of aromatic nitrogens is 2. The van der Waals surface area contributed by atoms with Gasteiger partial charge in [0.25, 0.3) is 5.91 Å². The zero-order valence-electron chi connectivity index (χ0n) is 15.2. The fraction of sp³-hybridized carbons (Fsp3) is 0.238. The Morgan fingerprint density at radius 1 is 0.963 bits per heavy atom. The molecule has 2 heterocycles. The van der Waals surface area contributed by atoms with Gasteiger partial charge in [0, 0.05) is 37.4 Å². The van der Waals surface area contributed by atoms with Crippen LogP contribution >= 0.6 is 12.2 Å². The quantitative estimate of drug-likeness (QED) is 0.677. The van der Waals surface area contributed by atoms with E-state index in [0.717, 1.165) is 24.3 Å². The van der Waals surface area contributed by atoms with Gasteiger partial charge in [-0.1, -0.05) is 42.5 Å². The molecule has 0 aliphatic carbocycles. The Balaban J connectivity index is 1.51. The number of piperazine rings is 1. The number of H-pyrrole nitrogens is 2. The Labute approximate surface area is 163 Å². The molecule has 5 nitrogen and oxygen atoms in total. The highest BCUT2D eigenvalue weighted by Crippen LogP contribution is 2.23. The minimum Gasteiger partial charge on any atom is -0.368 e. The van der Waals surface area contributed by atoms with E-state index >= 15 is 0 Å². The molecule has 1 fully saturated rings. The number of anilines is 1. The topological polar surface area (TPSA) is 55.1 Å². The van der Waals surface area contributed by atoms with E-state index in [1.807, 2.05) is 35.2 Å². The second-order valence-corrected chi connectivity index (χ2v) is 7.22. The van der Waals surface area contributed by atoms with Crippen LogP contribution in [0.1, 0.15) is 16.1 Å². The second-order valence-electron chi connectivity index (χ2n) is 6.81. The van der Waals surface area contributed by atoms with Gasteiger partial charge < -0.3 is 19.8 Å². The summed E-state index contributed by atoms with van der Waals surface area (Å²) in [5.74, 6) is -0.00917. The third-order valence-electron chi connectivity index (χ3n) is 4.94. The van der Waals surface area contributed by atoms with Gasteiger partial charge in [0.2, 0.25) is 0 Å². The van der Waals surface area contributed by atoms with E-state index in [0.29, 0.717) is 23.6 Å². The molecule has 138 valence electrons. The van der Waals surface area contributed by atoms with Gasteiger partial charge in [0.05, 0.1) is 5.69 Å². The van der Waals surface area contributed by atoms with Crippen LogP contribution in [-0.4, -0.2) is 47.0 Å². The molecular formula is C21H22N4OS. The Hall–Kier alpha value is -2.86. The molecule has 2 N–H and O–H groups in total. The van der Waals surface area contributed by atoms with Gasteiger partial charge in [-0.05, 0) is 36.8 Å². The first-order valence-electron chi connectivity index (χ1n) is 9.10. The fourth-order valence-electron chi connectivity index (χ4n) is 3.52. The Morgan fingerprint density at radius 3 is 2.41 bits per heavy atom. The van der Waals surface area contributed by atoms with Crippen LogP contribution in [0.25, 0.3) is 11.3 Å². The average molecular weight is 379 g/mol. The van der Waals surface area contributed by atoms with Gasteiger partial charge >= 0.3 is 0 Å². The summed E-state index contributed by atoms with van der Waals surface area (Å²) < 4.78 is 0.468. The summed E-state index contributed by atoms with van der Waals surface area (Å²) in [6, 6.07) is 18.3. The van der Waals surface area contributed by atoms with Crippen molar-refractivity contribution < 1.29 is 4.79 Å². The van der Waals surface area contributed by atoms with Gasteiger partial charge in [0.1, 0.15) is 5.69 Å². The monoisotopic (exact) mass is 378 g/mol. The van der Waals surface area contributed by atoms with Crippen molar-refractivity contribution in [3.05, 3.63) is 70.6 Å². The molecule has 0 saturated carbocycles. The molecule has 1 aliphatic rings. The van der Waals surface area contributed by atoms with E-state index < -0.39 is 0 Å². The van der Waals surface area contributed by atoms with Crippen LogP contribution in [0.5, 0.6) is 0 Å². The van der Waals surface area contributed by atoms with Crippen molar-refractivity contribution in [3.8, 4) is 11.3 Å². The molecule has 2 aromatic carbocycles. The van der Waals surface area contributed by atoms with Crippen LogP contribution in [-0.2, 0) is 0 Å². The molecule has 3 aromatic rings. The number of benzene rings is 2. The van der Waals surface area contributed by atoms with Crippen molar-refractivity contribution >= 4 is 23.8 Å². The van der Waals surface area contributed by atoms with Crippen molar-refractivity contribution in [2.24, 2.45) is 0 Å². The number of hydrogen-bond acceptors (Lipinski definition) is 3. The molecule has 1 amide bonds. The molecule has 1 aromatic heterocycles. The Bertz CT molecular complexity index is 1000. The number of aryl methyl sites for hydroxylation is 1. The van der Waals surface area contributed by atoms with E-state index in [4.69, 9.17) is 12.2 Å². The zero-order chi connectivity index (χ0) is 18.8. The lowest BCUT2D eigenvalue weighted by Gasteiger charge is -2.36. The number of nitrogens with one attached hydrogen (secondary N) is 2. The van der Waals surface area contributed by atoms with Crippen LogP contribution < -0.4 is 4.90 Å².